The van der Waals surface area contributed by atoms with E-state index in [-0.39, 0.29) is 5.91 Å². The lowest BCUT2D eigenvalue weighted by atomic mass is 10.1. The van der Waals surface area contributed by atoms with Gasteiger partial charge in [-0.15, -0.1) is 0 Å². The molecule has 0 bridgehead atoms. The molecular weight excluding hydrogens is 318 g/mol. The van der Waals surface area contributed by atoms with Crippen LogP contribution in [0.25, 0.3) is 11.1 Å². The fourth-order valence-corrected chi connectivity index (χ4v) is 2.18. The van der Waals surface area contributed by atoms with Crippen molar-refractivity contribution in [3.8, 4) is 11.1 Å². The number of carbonyl (C=O) groups is 1. The number of anilines is 1. The summed E-state index contributed by atoms with van der Waals surface area (Å²) in [7, 11) is 0. The summed E-state index contributed by atoms with van der Waals surface area (Å²) in [5, 5.41) is 10.2. The topological polar surface area (TPSA) is 76.2 Å². The Bertz CT molecular complexity index is 645. The molecule has 1 amide bonds. The van der Waals surface area contributed by atoms with Gasteiger partial charge in [0.25, 0.3) is 5.91 Å². The van der Waals surface area contributed by atoms with Crippen molar-refractivity contribution in [2.24, 2.45) is 0 Å². The Hall–Kier alpha value is -1.89. The van der Waals surface area contributed by atoms with Crippen molar-refractivity contribution in [1.29, 1.82) is 0 Å². The number of rotatable bonds is 8. The highest BCUT2D eigenvalue weighted by Crippen LogP contribution is 2.27. The molecule has 1 atom stereocenters. The van der Waals surface area contributed by atoms with E-state index in [2.05, 4.69) is 15.5 Å². The predicted molar refractivity (Wildman–Crippen MR) is 89.6 cm³/mol. The number of carbonyl (C=O) groups excluding carboxylic acids is 1. The summed E-state index contributed by atoms with van der Waals surface area (Å²) in [6, 6.07) is 7.34. The molecule has 0 aliphatic heterocycles. The van der Waals surface area contributed by atoms with Gasteiger partial charge in [0.15, 0.2) is 0 Å². The summed E-state index contributed by atoms with van der Waals surface area (Å²) in [6.07, 6.45) is 1.05. The molecule has 0 aliphatic rings. The molecule has 1 heterocycles. The number of H-pyrrole nitrogens is 1. The van der Waals surface area contributed by atoms with Gasteiger partial charge in [0, 0.05) is 17.2 Å². The molecule has 0 spiro atoms. The molecule has 1 aromatic heterocycles. The van der Waals surface area contributed by atoms with Gasteiger partial charge in [-0.25, -0.2) is 0 Å². The predicted octanol–water partition coefficient (Wildman–Crippen LogP) is 3.11. The number of aromatic amines is 1. The Labute approximate surface area is 140 Å². The van der Waals surface area contributed by atoms with Crippen LogP contribution < -0.4 is 5.32 Å². The molecule has 124 valence electrons. The second kappa shape index (κ2) is 8.67. The number of aromatic nitrogens is 2. The van der Waals surface area contributed by atoms with Crippen molar-refractivity contribution >= 4 is 23.3 Å². The molecule has 2 N–H and O–H groups in total. The van der Waals surface area contributed by atoms with Crippen LogP contribution in [0.15, 0.2) is 30.5 Å². The molecule has 0 radical (unpaired) electrons. The van der Waals surface area contributed by atoms with E-state index >= 15 is 0 Å². The fourth-order valence-electron chi connectivity index (χ4n) is 1.98. The van der Waals surface area contributed by atoms with Gasteiger partial charge in [0.05, 0.1) is 19.4 Å². The summed E-state index contributed by atoms with van der Waals surface area (Å²) in [6.45, 7) is 5.06. The van der Waals surface area contributed by atoms with Crippen LogP contribution in [0.3, 0.4) is 0 Å². The van der Waals surface area contributed by atoms with Crippen molar-refractivity contribution in [3.63, 3.8) is 0 Å². The largest absolute Gasteiger partial charge is 0.379 e. The number of amides is 1. The van der Waals surface area contributed by atoms with Crippen LogP contribution >= 0.6 is 11.6 Å². The maximum absolute atomic E-state index is 12.2. The second-order valence-corrected chi connectivity index (χ2v) is 5.30. The third kappa shape index (κ3) is 5.06. The summed E-state index contributed by atoms with van der Waals surface area (Å²) >= 11 is 6.00. The number of nitrogens with zero attached hydrogens (tertiary/aromatic N) is 1. The smallest absolute Gasteiger partial charge is 0.254 e. The average molecular weight is 338 g/mol. The minimum absolute atomic E-state index is 0.256. The maximum atomic E-state index is 12.2. The Morgan fingerprint density at radius 3 is 3.00 bits per heavy atom. The minimum Gasteiger partial charge on any atom is -0.379 e. The van der Waals surface area contributed by atoms with Gasteiger partial charge < -0.3 is 14.8 Å². The van der Waals surface area contributed by atoms with Gasteiger partial charge in [-0.1, -0.05) is 23.7 Å². The van der Waals surface area contributed by atoms with E-state index in [0.717, 1.165) is 11.1 Å². The molecule has 0 saturated carbocycles. The molecule has 1 unspecified atom stereocenters. The Morgan fingerprint density at radius 2 is 2.26 bits per heavy atom. The van der Waals surface area contributed by atoms with E-state index in [1.54, 1.807) is 19.2 Å². The third-order valence-corrected chi connectivity index (χ3v) is 3.43. The number of halogens is 1. The van der Waals surface area contributed by atoms with Gasteiger partial charge in [0.1, 0.15) is 11.9 Å². The van der Waals surface area contributed by atoms with Gasteiger partial charge in [-0.3, -0.25) is 9.89 Å². The Kier molecular flexibility index (Phi) is 6.58. The van der Waals surface area contributed by atoms with E-state index in [1.807, 2.05) is 25.1 Å². The molecule has 0 saturated heterocycles. The van der Waals surface area contributed by atoms with Crippen molar-refractivity contribution < 1.29 is 14.3 Å². The molecule has 1 aromatic carbocycles. The number of benzene rings is 1. The second-order valence-electron chi connectivity index (χ2n) is 4.87. The molecule has 2 aromatic rings. The van der Waals surface area contributed by atoms with Crippen molar-refractivity contribution in [2.75, 3.05) is 25.1 Å². The summed E-state index contributed by atoms with van der Waals surface area (Å²) in [5.41, 5.74) is 1.63. The summed E-state index contributed by atoms with van der Waals surface area (Å²) in [4.78, 5) is 12.2. The van der Waals surface area contributed by atoms with Crippen LogP contribution in [0.1, 0.15) is 13.8 Å². The summed E-state index contributed by atoms with van der Waals surface area (Å²) in [5.74, 6) is 0.256. The van der Waals surface area contributed by atoms with Crippen LogP contribution in [0.5, 0.6) is 0 Å². The molecule has 0 fully saturated rings. The highest BCUT2D eigenvalue weighted by molar-refractivity contribution is 6.30. The lowest BCUT2D eigenvalue weighted by Gasteiger charge is -2.13. The molecule has 7 heteroatoms. The molecule has 6 nitrogen and oxygen atoms in total. The van der Waals surface area contributed by atoms with E-state index < -0.39 is 6.10 Å². The average Bonchev–Trinajstić information content (AvgIpc) is 2.99. The lowest BCUT2D eigenvalue weighted by molar-refractivity contribution is -0.127. The van der Waals surface area contributed by atoms with E-state index in [9.17, 15) is 4.79 Å². The van der Waals surface area contributed by atoms with E-state index in [4.69, 9.17) is 21.1 Å². The quantitative estimate of drug-likeness (QED) is 0.726. The monoisotopic (exact) mass is 337 g/mol. The lowest BCUT2D eigenvalue weighted by Crippen LogP contribution is -2.29. The van der Waals surface area contributed by atoms with Gasteiger partial charge >= 0.3 is 0 Å². The highest BCUT2D eigenvalue weighted by atomic mass is 35.5. The zero-order valence-corrected chi connectivity index (χ0v) is 13.9. The zero-order valence-electron chi connectivity index (χ0n) is 13.1. The Morgan fingerprint density at radius 1 is 1.43 bits per heavy atom. The van der Waals surface area contributed by atoms with E-state index in [1.165, 1.54) is 0 Å². The highest BCUT2D eigenvalue weighted by Gasteiger charge is 2.17. The fraction of sp³-hybridized carbons (Fsp3) is 0.375. The number of nitrogens with one attached hydrogen (secondary N) is 2. The Balaban J connectivity index is 1.98. The van der Waals surface area contributed by atoms with Crippen LogP contribution in [0, 0.1) is 0 Å². The molecular formula is C16H20ClN3O3. The first-order valence-electron chi connectivity index (χ1n) is 7.41. The standard InChI is InChI=1S/C16H20ClN3O3/c1-3-22-7-8-23-11(2)16(21)19-15-14(10-18-20-15)12-5-4-6-13(17)9-12/h4-6,9-11H,3,7-8H2,1-2H3,(H2,18,19,20,21). The number of hydrogen-bond donors (Lipinski definition) is 2. The van der Waals surface area contributed by atoms with Crippen LogP contribution in [0.2, 0.25) is 5.02 Å². The van der Waals surface area contributed by atoms with Gasteiger partial charge in [0.2, 0.25) is 0 Å². The molecule has 2 rings (SSSR count). The van der Waals surface area contributed by atoms with Crippen molar-refractivity contribution in [2.45, 2.75) is 20.0 Å². The molecule has 0 aliphatic carbocycles. The zero-order chi connectivity index (χ0) is 16.7. The third-order valence-electron chi connectivity index (χ3n) is 3.19. The summed E-state index contributed by atoms with van der Waals surface area (Å²) < 4.78 is 10.6. The van der Waals surface area contributed by atoms with Crippen LogP contribution in [-0.2, 0) is 14.3 Å². The molecule has 23 heavy (non-hydrogen) atoms. The first-order chi connectivity index (χ1) is 11.1. The van der Waals surface area contributed by atoms with Crippen LogP contribution in [-0.4, -0.2) is 42.0 Å². The minimum atomic E-state index is -0.592. The SMILES string of the molecule is CCOCCOC(C)C(=O)Nc1[nH]ncc1-c1cccc(Cl)c1. The van der Waals surface area contributed by atoms with Gasteiger partial charge in [-0.2, -0.15) is 5.10 Å². The van der Waals surface area contributed by atoms with Crippen molar-refractivity contribution in [3.05, 3.63) is 35.5 Å². The van der Waals surface area contributed by atoms with E-state index in [0.29, 0.717) is 30.7 Å². The van der Waals surface area contributed by atoms with Crippen molar-refractivity contribution in [1.82, 2.24) is 10.2 Å². The first kappa shape index (κ1) is 17.5. The normalized spacial score (nSPS) is 12.1. The van der Waals surface area contributed by atoms with Gasteiger partial charge in [-0.05, 0) is 31.5 Å². The number of hydrogen-bond acceptors (Lipinski definition) is 4. The maximum Gasteiger partial charge on any atom is 0.254 e. The number of ether oxygens (including phenoxy) is 2. The first-order valence-corrected chi connectivity index (χ1v) is 7.79. The van der Waals surface area contributed by atoms with Crippen LogP contribution in [0.4, 0.5) is 5.82 Å².